The molecule has 0 saturated heterocycles. The van der Waals surface area contributed by atoms with Gasteiger partial charge >= 0.3 is 0 Å². The van der Waals surface area contributed by atoms with Crippen LogP contribution in [0.2, 0.25) is 0 Å². The van der Waals surface area contributed by atoms with Crippen molar-refractivity contribution >= 4 is 0 Å². The van der Waals surface area contributed by atoms with Crippen LogP contribution in [0.3, 0.4) is 0 Å². The molecule has 1 aliphatic carbocycles. The highest BCUT2D eigenvalue weighted by atomic mass is 14.9. The Hall–Kier alpha value is -0.960. The van der Waals surface area contributed by atoms with Crippen LogP contribution in [0.5, 0.6) is 0 Å². The van der Waals surface area contributed by atoms with E-state index in [1.807, 2.05) is 12.4 Å². The molecule has 1 N–H and O–H groups in total. The van der Waals surface area contributed by atoms with Crippen LogP contribution in [0.15, 0.2) is 18.7 Å². The second-order valence-corrected chi connectivity index (χ2v) is 4.75. The van der Waals surface area contributed by atoms with Crippen molar-refractivity contribution in [2.45, 2.75) is 51.6 Å². The average molecular weight is 219 g/mol. The maximum atomic E-state index is 4.02. The largest absolute Gasteiger partial charge is 0.310 e. The van der Waals surface area contributed by atoms with Gasteiger partial charge in [0.25, 0.3) is 0 Å². The summed E-state index contributed by atoms with van der Waals surface area (Å²) >= 11 is 0. The number of hydrogen-bond donors (Lipinski definition) is 1. The predicted octanol–water partition coefficient (Wildman–Crippen LogP) is 2.54. The van der Waals surface area contributed by atoms with Crippen LogP contribution in [0.4, 0.5) is 0 Å². The second kappa shape index (κ2) is 5.94. The summed E-state index contributed by atoms with van der Waals surface area (Å²) in [4.78, 5) is 8.05. The summed E-state index contributed by atoms with van der Waals surface area (Å²) in [5, 5.41) is 3.60. The third-order valence-corrected chi connectivity index (χ3v) is 3.63. The molecular weight excluding hydrogens is 198 g/mol. The first-order valence-electron chi connectivity index (χ1n) is 6.35. The summed E-state index contributed by atoms with van der Waals surface area (Å²) < 4.78 is 0. The van der Waals surface area contributed by atoms with Crippen molar-refractivity contribution in [2.24, 2.45) is 5.92 Å². The van der Waals surface area contributed by atoms with Gasteiger partial charge in [-0.25, -0.2) is 9.97 Å². The molecule has 0 amide bonds. The zero-order valence-corrected chi connectivity index (χ0v) is 10.0. The Balaban J connectivity index is 1.72. The molecule has 0 radical (unpaired) electrons. The highest BCUT2D eigenvalue weighted by Gasteiger charge is 2.19. The maximum Gasteiger partial charge on any atom is 0.115 e. The van der Waals surface area contributed by atoms with E-state index in [1.54, 1.807) is 6.33 Å². The van der Waals surface area contributed by atoms with Crippen LogP contribution in [0, 0.1) is 5.92 Å². The summed E-state index contributed by atoms with van der Waals surface area (Å²) in [6.45, 7) is 3.21. The SMILES string of the molecule is CC[C@H]1CC[C@@H](NCc2cncnc2)CC1. The van der Waals surface area contributed by atoms with Crippen LogP contribution < -0.4 is 5.32 Å². The highest BCUT2D eigenvalue weighted by molar-refractivity contribution is 5.01. The maximum absolute atomic E-state index is 4.02. The third kappa shape index (κ3) is 3.27. The van der Waals surface area contributed by atoms with Crippen molar-refractivity contribution in [2.75, 3.05) is 0 Å². The predicted molar refractivity (Wildman–Crippen MR) is 64.9 cm³/mol. The van der Waals surface area contributed by atoms with Gasteiger partial charge in [0.05, 0.1) is 0 Å². The highest BCUT2D eigenvalue weighted by Crippen LogP contribution is 2.26. The number of nitrogens with one attached hydrogen (secondary N) is 1. The molecule has 3 nitrogen and oxygen atoms in total. The average Bonchev–Trinajstić information content (AvgIpc) is 2.38. The molecule has 0 unspecified atom stereocenters. The fourth-order valence-electron chi connectivity index (χ4n) is 2.46. The molecule has 2 rings (SSSR count). The summed E-state index contributed by atoms with van der Waals surface area (Å²) in [7, 11) is 0. The summed E-state index contributed by atoms with van der Waals surface area (Å²) in [5.41, 5.74) is 1.18. The summed E-state index contributed by atoms with van der Waals surface area (Å²) in [6, 6.07) is 0.697. The van der Waals surface area contributed by atoms with E-state index in [4.69, 9.17) is 0 Å². The first-order valence-corrected chi connectivity index (χ1v) is 6.35. The smallest absolute Gasteiger partial charge is 0.115 e. The van der Waals surface area contributed by atoms with E-state index in [0.717, 1.165) is 12.5 Å². The van der Waals surface area contributed by atoms with Gasteiger partial charge in [0.15, 0.2) is 0 Å². The molecular formula is C13H21N3. The van der Waals surface area contributed by atoms with E-state index in [1.165, 1.54) is 37.7 Å². The van der Waals surface area contributed by atoms with Crippen molar-refractivity contribution < 1.29 is 0 Å². The Kier molecular flexibility index (Phi) is 4.28. The van der Waals surface area contributed by atoms with Crippen LogP contribution in [-0.4, -0.2) is 16.0 Å². The van der Waals surface area contributed by atoms with Gasteiger partial charge in [-0.15, -0.1) is 0 Å². The van der Waals surface area contributed by atoms with E-state index in [0.29, 0.717) is 6.04 Å². The molecule has 1 saturated carbocycles. The molecule has 0 aliphatic heterocycles. The van der Waals surface area contributed by atoms with Gasteiger partial charge in [0, 0.05) is 30.5 Å². The van der Waals surface area contributed by atoms with Gasteiger partial charge in [-0.2, -0.15) is 0 Å². The van der Waals surface area contributed by atoms with Crippen molar-refractivity contribution in [3.63, 3.8) is 0 Å². The Morgan fingerprint density at radius 1 is 1.19 bits per heavy atom. The lowest BCUT2D eigenvalue weighted by Gasteiger charge is -2.28. The minimum absolute atomic E-state index is 0.697. The second-order valence-electron chi connectivity index (χ2n) is 4.75. The zero-order chi connectivity index (χ0) is 11.2. The Morgan fingerprint density at radius 2 is 1.88 bits per heavy atom. The monoisotopic (exact) mass is 219 g/mol. The van der Waals surface area contributed by atoms with Crippen molar-refractivity contribution in [3.05, 3.63) is 24.3 Å². The lowest BCUT2D eigenvalue weighted by Crippen LogP contribution is -2.32. The molecule has 1 aromatic rings. The number of rotatable bonds is 4. The lowest BCUT2D eigenvalue weighted by atomic mass is 9.84. The van der Waals surface area contributed by atoms with Crippen molar-refractivity contribution in [3.8, 4) is 0 Å². The van der Waals surface area contributed by atoms with Gasteiger partial charge in [-0.05, 0) is 31.6 Å². The van der Waals surface area contributed by atoms with E-state index in [9.17, 15) is 0 Å². The van der Waals surface area contributed by atoms with Crippen molar-refractivity contribution in [1.29, 1.82) is 0 Å². The molecule has 1 fully saturated rings. The van der Waals surface area contributed by atoms with Crippen molar-refractivity contribution in [1.82, 2.24) is 15.3 Å². The molecule has 0 spiro atoms. The molecule has 1 aliphatic rings. The van der Waals surface area contributed by atoms with Gasteiger partial charge < -0.3 is 5.32 Å². The van der Waals surface area contributed by atoms with E-state index >= 15 is 0 Å². The van der Waals surface area contributed by atoms with Crippen LogP contribution in [-0.2, 0) is 6.54 Å². The minimum Gasteiger partial charge on any atom is -0.310 e. The van der Waals surface area contributed by atoms with Gasteiger partial charge in [0.1, 0.15) is 6.33 Å². The van der Waals surface area contributed by atoms with Crippen LogP contribution in [0.1, 0.15) is 44.6 Å². The summed E-state index contributed by atoms with van der Waals surface area (Å²) in [5.74, 6) is 0.970. The quantitative estimate of drug-likeness (QED) is 0.845. The Bertz CT molecular complexity index is 291. The van der Waals surface area contributed by atoms with Crippen LogP contribution in [0.25, 0.3) is 0 Å². The van der Waals surface area contributed by atoms with Gasteiger partial charge in [-0.3, -0.25) is 0 Å². The summed E-state index contributed by atoms with van der Waals surface area (Å²) in [6.07, 6.45) is 12.1. The zero-order valence-electron chi connectivity index (χ0n) is 10.0. The molecule has 1 aromatic heterocycles. The van der Waals surface area contributed by atoms with E-state index < -0.39 is 0 Å². The number of nitrogens with zero attached hydrogens (tertiary/aromatic N) is 2. The van der Waals surface area contributed by atoms with E-state index in [2.05, 4.69) is 22.2 Å². The molecule has 1 heterocycles. The Morgan fingerprint density at radius 3 is 2.50 bits per heavy atom. The fourth-order valence-corrected chi connectivity index (χ4v) is 2.46. The first kappa shape index (κ1) is 11.5. The lowest BCUT2D eigenvalue weighted by molar-refractivity contribution is 0.285. The fraction of sp³-hybridized carbons (Fsp3) is 0.692. The molecule has 0 atom stereocenters. The van der Waals surface area contributed by atoms with Gasteiger partial charge in [0.2, 0.25) is 0 Å². The van der Waals surface area contributed by atoms with Gasteiger partial charge in [-0.1, -0.05) is 13.3 Å². The molecule has 16 heavy (non-hydrogen) atoms. The molecule has 0 bridgehead atoms. The van der Waals surface area contributed by atoms with E-state index in [-0.39, 0.29) is 0 Å². The topological polar surface area (TPSA) is 37.8 Å². The number of aromatic nitrogens is 2. The molecule has 88 valence electrons. The third-order valence-electron chi connectivity index (χ3n) is 3.63. The molecule has 0 aromatic carbocycles. The standard InChI is InChI=1S/C13H21N3/c1-2-11-3-5-13(6-4-11)16-9-12-7-14-10-15-8-12/h7-8,10-11,13,16H,2-6,9H2,1H3/t11-,13+. The molecule has 3 heteroatoms. The van der Waals surface area contributed by atoms with Crippen LogP contribution >= 0.6 is 0 Å². The minimum atomic E-state index is 0.697. The Labute approximate surface area is 97.7 Å². The number of hydrogen-bond acceptors (Lipinski definition) is 3. The normalized spacial score (nSPS) is 25.6. The first-order chi connectivity index (χ1) is 7.88.